The molecule has 0 aliphatic carbocycles. The highest BCUT2D eigenvalue weighted by atomic mass is 19.1. The average Bonchev–Trinajstić information content (AvgIpc) is 2.95. The number of benzene rings is 2. The molecule has 0 saturated carbocycles. The SMILES string of the molecule is Cc1c(NC(=O)COC(=O)/C=C/c2ccc(F)cc2)c(=O)n(-c2ccccc2)n1C. The van der Waals surface area contributed by atoms with E-state index in [1.807, 2.05) is 6.07 Å². The Balaban J connectivity index is 1.63. The van der Waals surface area contributed by atoms with E-state index in [0.717, 1.165) is 6.08 Å². The smallest absolute Gasteiger partial charge is 0.331 e. The van der Waals surface area contributed by atoms with E-state index in [1.54, 1.807) is 42.9 Å². The molecule has 0 aliphatic heterocycles. The predicted octanol–water partition coefficient (Wildman–Crippen LogP) is 2.82. The lowest BCUT2D eigenvalue weighted by atomic mass is 10.2. The minimum atomic E-state index is -0.735. The van der Waals surface area contributed by atoms with Gasteiger partial charge in [0.05, 0.1) is 11.4 Å². The summed E-state index contributed by atoms with van der Waals surface area (Å²) < 4.78 is 20.8. The lowest BCUT2D eigenvalue weighted by Crippen LogP contribution is -2.25. The molecule has 0 radical (unpaired) electrons. The van der Waals surface area contributed by atoms with Crippen LogP contribution in [0.1, 0.15) is 11.3 Å². The van der Waals surface area contributed by atoms with Crippen molar-refractivity contribution in [3.8, 4) is 5.69 Å². The molecular weight excluding hydrogens is 389 g/mol. The maximum absolute atomic E-state index is 12.9. The van der Waals surface area contributed by atoms with Crippen LogP contribution < -0.4 is 10.9 Å². The number of nitrogens with zero attached hydrogens (tertiary/aromatic N) is 2. The fourth-order valence-corrected chi connectivity index (χ4v) is 2.81. The quantitative estimate of drug-likeness (QED) is 0.501. The molecule has 30 heavy (non-hydrogen) atoms. The van der Waals surface area contributed by atoms with Gasteiger partial charge in [-0.3, -0.25) is 14.3 Å². The number of carbonyl (C=O) groups excluding carboxylic acids is 2. The Morgan fingerprint density at radius 3 is 2.43 bits per heavy atom. The van der Waals surface area contributed by atoms with Crippen LogP contribution in [0, 0.1) is 12.7 Å². The van der Waals surface area contributed by atoms with Crippen LogP contribution >= 0.6 is 0 Å². The maximum Gasteiger partial charge on any atom is 0.331 e. The molecule has 7 nitrogen and oxygen atoms in total. The molecule has 154 valence electrons. The number of aromatic nitrogens is 2. The van der Waals surface area contributed by atoms with E-state index in [4.69, 9.17) is 4.74 Å². The molecule has 0 spiro atoms. The van der Waals surface area contributed by atoms with Gasteiger partial charge < -0.3 is 10.1 Å². The van der Waals surface area contributed by atoms with E-state index in [-0.39, 0.29) is 11.5 Å². The molecule has 3 aromatic rings. The molecule has 0 fully saturated rings. The van der Waals surface area contributed by atoms with Crippen LogP contribution in [0.15, 0.2) is 65.5 Å². The summed E-state index contributed by atoms with van der Waals surface area (Å²) in [4.78, 5) is 36.7. The van der Waals surface area contributed by atoms with Crippen molar-refractivity contribution in [2.75, 3.05) is 11.9 Å². The van der Waals surface area contributed by atoms with Gasteiger partial charge in [0.25, 0.3) is 11.5 Å². The summed E-state index contributed by atoms with van der Waals surface area (Å²) in [6, 6.07) is 14.5. The molecular formula is C22H20FN3O4. The average molecular weight is 409 g/mol. The highest BCUT2D eigenvalue weighted by Gasteiger charge is 2.18. The number of amides is 1. The number of ether oxygens (including phenoxy) is 1. The summed E-state index contributed by atoms with van der Waals surface area (Å²) in [6.45, 7) is 1.15. The van der Waals surface area contributed by atoms with E-state index in [1.165, 1.54) is 35.0 Å². The zero-order valence-corrected chi connectivity index (χ0v) is 16.5. The first kappa shape index (κ1) is 20.8. The van der Waals surface area contributed by atoms with Crippen molar-refractivity contribution < 1.29 is 18.7 Å². The number of hydrogen-bond acceptors (Lipinski definition) is 4. The van der Waals surface area contributed by atoms with E-state index < -0.39 is 24.0 Å². The van der Waals surface area contributed by atoms with Crippen molar-refractivity contribution in [3.05, 3.63) is 88.1 Å². The lowest BCUT2D eigenvalue weighted by molar-refractivity contribution is -0.142. The molecule has 1 heterocycles. The normalized spacial score (nSPS) is 10.9. The first-order valence-electron chi connectivity index (χ1n) is 9.11. The van der Waals surface area contributed by atoms with Crippen LogP contribution in [-0.4, -0.2) is 27.8 Å². The second kappa shape index (κ2) is 9.04. The van der Waals surface area contributed by atoms with E-state index in [0.29, 0.717) is 16.9 Å². The van der Waals surface area contributed by atoms with Gasteiger partial charge >= 0.3 is 5.97 Å². The van der Waals surface area contributed by atoms with Crippen LogP contribution in [-0.2, 0) is 21.4 Å². The second-order valence-corrected chi connectivity index (χ2v) is 6.48. The van der Waals surface area contributed by atoms with Crippen molar-refractivity contribution in [1.29, 1.82) is 0 Å². The standard InChI is InChI=1S/C22H20FN3O4/c1-15-21(22(29)26(25(15)2)18-6-4-3-5-7-18)24-19(27)14-30-20(28)13-10-16-8-11-17(23)12-9-16/h3-13H,14H2,1-2H3,(H,24,27)/b13-10+. The topological polar surface area (TPSA) is 82.3 Å². The molecule has 0 bridgehead atoms. The van der Waals surface area contributed by atoms with Gasteiger partial charge in [-0.2, -0.15) is 0 Å². The third kappa shape index (κ3) is 4.72. The van der Waals surface area contributed by atoms with E-state index >= 15 is 0 Å². The van der Waals surface area contributed by atoms with Crippen molar-refractivity contribution >= 4 is 23.6 Å². The maximum atomic E-state index is 12.9. The first-order chi connectivity index (χ1) is 14.4. The van der Waals surface area contributed by atoms with Crippen molar-refractivity contribution in [3.63, 3.8) is 0 Å². The Labute approximate surface area is 172 Å². The summed E-state index contributed by atoms with van der Waals surface area (Å²) in [6.07, 6.45) is 2.58. The van der Waals surface area contributed by atoms with E-state index in [9.17, 15) is 18.8 Å². The van der Waals surface area contributed by atoms with Crippen molar-refractivity contribution in [2.45, 2.75) is 6.92 Å². The monoisotopic (exact) mass is 409 g/mol. The fourth-order valence-electron chi connectivity index (χ4n) is 2.81. The zero-order valence-electron chi connectivity index (χ0n) is 16.5. The Morgan fingerprint density at radius 1 is 1.10 bits per heavy atom. The summed E-state index contributed by atoms with van der Waals surface area (Å²) in [5.74, 6) is -1.75. The third-order valence-electron chi connectivity index (χ3n) is 4.45. The van der Waals surface area contributed by atoms with Crippen LogP contribution in [0.5, 0.6) is 0 Å². The third-order valence-corrected chi connectivity index (χ3v) is 4.45. The molecule has 8 heteroatoms. The molecule has 0 aliphatic rings. The van der Waals surface area contributed by atoms with Crippen LogP contribution in [0.4, 0.5) is 10.1 Å². The molecule has 2 aromatic carbocycles. The number of para-hydroxylation sites is 1. The molecule has 1 N–H and O–H groups in total. The minimum Gasteiger partial charge on any atom is -0.452 e. The van der Waals surface area contributed by atoms with Crippen molar-refractivity contribution in [1.82, 2.24) is 9.36 Å². The second-order valence-electron chi connectivity index (χ2n) is 6.48. The number of carbonyl (C=O) groups is 2. The highest BCUT2D eigenvalue weighted by Crippen LogP contribution is 2.13. The van der Waals surface area contributed by atoms with Gasteiger partial charge in [-0.05, 0) is 42.8 Å². The molecule has 1 amide bonds. The van der Waals surface area contributed by atoms with Crippen LogP contribution in [0.25, 0.3) is 11.8 Å². The summed E-state index contributed by atoms with van der Waals surface area (Å²) in [5, 5.41) is 2.51. The molecule has 3 rings (SSSR count). The number of esters is 1. The predicted molar refractivity (Wildman–Crippen MR) is 111 cm³/mol. The van der Waals surface area contributed by atoms with Gasteiger partial charge in [0, 0.05) is 13.1 Å². The highest BCUT2D eigenvalue weighted by molar-refractivity contribution is 5.95. The van der Waals surface area contributed by atoms with Gasteiger partial charge in [-0.15, -0.1) is 0 Å². The van der Waals surface area contributed by atoms with Gasteiger partial charge in [0.2, 0.25) is 0 Å². The van der Waals surface area contributed by atoms with Gasteiger partial charge in [0.15, 0.2) is 6.61 Å². The van der Waals surface area contributed by atoms with Crippen LogP contribution in [0.2, 0.25) is 0 Å². The number of halogens is 1. The Bertz CT molecular complexity index is 1150. The number of hydrogen-bond donors (Lipinski definition) is 1. The largest absolute Gasteiger partial charge is 0.452 e. The summed E-state index contributed by atoms with van der Waals surface area (Å²) in [5.41, 5.74) is 1.55. The number of nitrogens with one attached hydrogen (secondary N) is 1. The zero-order chi connectivity index (χ0) is 21.7. The Kier molecular flexibility index (Phi) is 6.26. The molecule has 0 unspecified atom stereocenters. The van der Waals surface area contributed by atoms with Gasteiger partial charge in [-0.25, -0.2) is 13.9 Å². The molecule has 0 saturated heterocycles. The minimum absolute atomic E-state index is 0.115. The lowest BCUT2D eigenvalue weighted by Gasteiger charge is -2.07. The Morgan fingerprint density at radius 2 is 1.77 bits per heavy atom. The van der Waals surface area contributed by atoms with Crippen LogP contribution in [0.3, 0.4) is 0 Å². The molecule has 1 aromatic heterocycles. The van der Waals surface area contributed by atoms with Gasteiger partial charge in [0.1, 0.15) is 11.5 Å². The number of rotatable bonds is 6. The Hall–Kier alpha value is -3.94. The summed E-state index contributed by atoms with van der Waals surface area (Å²) >= 11 is 0. The molecule has 0 atom stereocenters. The number of anilines is 1. The van der Waals surface area contributed by atoms with Crippen molar-refractivity contribution in [2.24, 2.45) is 7.05 Å². The fraction of sp³-hybridized carbons (Fsp3) is 0.136. The van der Waals surface area contributed by atoms with E-state index in [2.05, 4.69) is 5.32 Å². The van der Waals surface area contributed by atoms with Gasteiger partial charge in [-0.1, -0.05) is 30.3 Å². The summed E-state index contributed by atoms with van der Waals surface area (Å²) in [7, 11) is 1.71. The first-order valence-corrected chi connectivity index (χ1v) is 9.11.